The van der Waals surface area contributed by atoms with Crippen LogP contribution in [0.1, 0.15) is 11.1 Å². The van der Waals surface area contributed by atoms with Crippen LogP contribution in [0.25, 0.3) is 0 Å². The molecule has 0 aromatic heterocycles. The van der Waals surface area contributed by atoms with Crippen LogP contribution in [0.5, 0.6) is 5.75 Å². The molecule has 2 N–H and O–H groups in total. The van der Waals surface area contributed by atoms with Gasteiger partial charge in [0.1, 0.15) is 5.75 Å². The molecule has 2 aromatic carbocycles. The van der Waals surface area contributed by atoms with Crippen molar-refractivity contribution in [2.24, 2.45) is 0 Å². The standard InChI is InChI=1S/C19H22N2O5S2/c1-25-18(22)13-26-16-8-6-14(7-9-16)10-11-21-28(23,24)17-5-3-4-15(12-17)19(20)27-2/h3-9,12,20-21H,10-11,13H2,1-2H3. The maximum Gasteiger partial charge on any atom is 0.343 e. The first-order valence-electron chi connectivity index (χ1n) is 8.37. The first-order chi connectivity index (χ1) is 13.4. The summed E-state index contributed by atoms with van der Waals surface area (Å²) in [4.78, 5) is 11.2. The molecule has 9 heteroatoms. The number of methoxy groups -OCH3 is 1. The number of hydrogen-bond acceptors (Lipinski definition) is 7. The quantitative estimate of drug-likeness (QED) is 0.365. The number of nitrogens with one attached hydrogen (secondary N) is 2. The van der Waals surface area contributed by atoms with Crippen LogP contribution in [-0.4, -0.2) is 45.9 Å². The first kappa shape index (κ1) is 21.9. The fourth-order valence-corrected chi connectivity index (χ4v) is 3.73. The summed E-state index contributed by atoms with van der Waals surface area (Å²) in [6.07, 6.45) is 2.27. The van der Waals surface area contributed by atoms with Gasteiger partial charge in [-0.1, -0.05) is 24.3 Å². The van der Waals surface area contributed by atoms with Gasteiger partial charge in [-0.3, -0.25) is 5.41 Å². The third-order valence-electron chi connectivity index (χ3n) is 3.82. The molecule has 2 rings (SSSR count). The average Bonchev–Trinajstić information content (AvgIpc) is 2.72. The van der Waals surface area contributed by atoms with E-state index in [1.807, 2.05) is 0 Å². The minimum atomic E-state index is -3.66. The summed E-state index contributed by atoms with van der Waals surface area (Å²) in [5.74, 6) is 0.0676. The van der Waals surface area contributed by atoms with E-state index in [4.69, 9.17) is 10.1 Å². The van der Waals surface area contributed by atoms with Gasteiger partial charge in [0.05, 0.1) is 17.0 Å². The molecule has 0 amide bonds. The van der Waals surface area contributed by atoms with Crippen LogP contribution >= 0.6 is 11.8 Å². The summed E-state index contributed by atoms with van der Waals surface area (Å²) >= 11 is 1.25. The van der Waals surface area contributed by atoms with E-state index in [0.29, 0.717) is 22.8 Å². The van der Waals surface area contributed by atoms with Crippen molar-refractivity contribution >= 4 is 32.8 Å². The lowest BCUT2D eigenvalue weighted by Crippen LogP contribution is -2.26. The molecule has 0 atom stereocenters. The molecule has 7 nitrogen and oxygen atoms in total. The Morgan fingerprint density at radius 1 is 1.18 bits per heavy atom. The molecule has 0 radical (unpaired) electrons. The normalized spacial score (nSPS) is 11.1. The highest BCUT2D eigenvalue weighted by Crippen LogP contribution is 2.16. The van der Waals surface area contributed by atoms with Crippen molar-refractivity contribution < 1.29 is 22.7 Å². The Labute approximate surface area is 169 Å². The van der Waals surface area contributed by atoms with Gasteiger partial charge < -0.3 is 9.47 Å². The van der Waals surface area contributed by atoms with Gasteiger partial charge in [0, 0.05) is 12.1 Å². The predicted molar refractivity (Wildman–Crippen MR) is 110 cm³/mol. The van der Waals surface area contributed by atoms with E-state index >= 15 is 0 Å². The smallest absolute Gasteiger partial charge is 0.343 e. The molecule has 0 spiro atoms. The topological polar surface area (TPSA) is 106 Å². The molecule has 2 aromatic rings. The van der Waals surface area contributed by atoms with Gasteiger partial charge in [-0.15, -0.1) is 11.8 Å². The molecule has 0 aliphatic carbocycles. The largest absolute Gasteiger partial charge is 0.482 e. The van der Waals surface area contributed by atoms with Crippen LogP contribution in [0.3, 0.4) is 0 Å². The summed E-state index contributed by atoms with van der Waals surface area (Å²) in [7, 11) is -2.37. The highest BCUT2D eigenvalue weighted by molar-refractivity contribution is 8.13. The second kappa shape index (κ2) is 10.3. The van der Waals surface area contributed by atoms with Crippen molar-refractivity contribution in [3.63, 3.8) is 0 Å². The molecule has 0 saturated heterocycles. The number of carbonyl (C=O) groups excluding carboxylic acids is 1. The fraction of sp³-hybridized carbons (Fsp3) is 0.263. The molecular formula is C19H22N2O5S2. The zero-order valence-electron chi connectivity index (χ0n) is 15.6. The van der Waals surface area contributed by atoms with E-state index < -0.39 is 16.0 Å². The second-order valence-corrected chi connectivity index (χ2v) is 8.30. The zero-order chi connectivity index (χ0) is 20.6. The molecule has 0 bridgehead atoms. The minimum Gasteiger partial charge on any atom is -0.482 e. The third kappa shape index (κ3) is 6.36. The molecule has 0 fully saturated rings. The predicted octanol–water partition coefficient (Wildman–Crippen LogP) is 2.45. The molecule has 28 heavy (non-hydrogen) atoms. The summed E-state index contributed by atoms with van der Waals surface area (Å²) in [6, 6.07) is 13.4. The number of carbonyl (C=O) groups is 1. The number of rotatable bonds is 9. The van der Waals surface area contributed by atoms with E-state index in [9.17, 15) is 13.2 Å². The van der Waals surface area contributed by atoms with Gasteiger partial charge >= 0.3 is 5.97 Å². The van der Waals surface area contributed by atoms with Crippen molar-refractivity contribution in [3.8, 4) is 5.75 Å². The van der Waals surface area contributed by atoms with Crippen molar-refractivity contribution in [1.29, 1.82) is 5.41 Å². The van der Waals surface area contributed by atoms with E-state index in [1.165, 1.54) is 31.0 Å². The van der Waals surface area contributed by atoms with E-state index in [0.717, 1.165) is 5.56 Å². The van der Waals surface area contributed by atoms with Crippen molar-refractivity contribution in [2.75, 3.05) is 26.5 Å². The van der Waals surface area contributed by atoms with Crippen LogP contribution in [0.2, 0.25) is 0 Å². The first-order valence-corrected chi connectivity index (χ1v) is 11.1. The highest BCUT2D eigenvalue weighted by atomic mass is 32.2. The minimum absolute atomic E-state index is 0.135. The van der Waals surface area contributed by atoms with Crippen LogP contribution < -0.4 is 9.46 Å². The lowest BCUT2D eigenvalue weighted by molar-refractivity contribution is -0.142. The number of esters is 1. The van der Waals surface area contributed by atoms with Gasteiger partial charge in [0.2, 0.25) is 10.0 Å². The summed E-state index contributed by atoms with van der Waals surface area (Å²) < 4.78 is 37.3. The molecule has 0 aliphatic heterocycles. The van der Waals surface area contributed by atoms with Crippen LogP contribution in [0, 0.1) is 5.41 Å². The number of benzene rings is 2. The summed E-state index contributed by atoms with van der Waals surface area (Å²) in [6.45, 7) is 0.0671. The van der Waals surface area contributed by atoms with Gasteiger partial charge in [-0.25, -0.2) is 17.9 Å². The Morgan fingerprint density at radius 3 is 2.54 bits per heavy atom. The van der Waals surface area contributed by atoms with E-state index in [-0.39, 0.29) is 18.0 Å². The van der Waals surface area contributed by atoms with E-state index in [2.05, 4.69) is 9.46 Å². The lowest BCUT2D eigenvalue weighted by Gasteiger charge is -2.09. The Balaban J connectivity index is 1.91. The Bertz CT molecular complexity index is 928. The number of thioether (sulfide) groups is 1. The number of hydrogen-bond donors (Lipinski definition) is 2. The second-order valence-electron chi connectivity index (χ2n) is 5.72. The molecule has 150 valence electrons. The summed E-state index contributed by atoms with van der Waals surface area (Å²) in [5.41, 5.74) is 1.49. The Kier molecular flexibility index (Phi) is 8.04. The molecular weight excluding hydrogens is 400 g/mol. The van der Waals surface area contributed by atoms with Crippen molar-refractivity contribution in [2.45, 2.75) is 11.3 Å². The number of ether oxygens (including phenoxy) is 2. The van der Waals surface area contributed by atoms with Gasteiger partial charge in [0.15, 0.2) is 6.61 Å². The molecule has 0 aliphatic rings. The maximum atomic E-state index is 12.5. The van der Waals surface area contributed by atoms with Crippen molar-refractivity contribution in [1.82, 2.24) is 4.72 Å². The third-order valence-corrected chi connectivity index (χ3v) is 5.93. The Morgan fingerprint density at radius 2 is 1.89 bits per heavy atom. The monoisotopic (exact) mass is 422 g/mol. The fourth-order valence-electron chi connectivity index (χ4n) is 2.29. The molecule has 0 unspecified atom stereocenters. The van der Waals surface area contributed by atoms with Gasteiger partial charge in [0.25, 0.3) is 0 Å². The average molecular weight is 423 g/mol. The molecule has 0 heterocycles. The summed E-state index contributed by atoms with van der Waals surface area (Å²) in [5, 5.41) is 8.14. The Hall–Kier alpha value is -2.36. The van der Waals surface area contributed by atoms with Crippen LogP contribution in [-0.2, 0) is 26.0 Å². The zero-order valence-corrected chi connectivity index (χ0v) is 17.2. The van der Waals surface area contributed by atoms with Crippen molar-refractivity contribution in [3.05, 3.63) is 59.7 Å². The van der Waals surface area contributed by atoms with E-state index in [1.54, 1.807) is 42.7 Å². The van der Waals surface area contributed by atoms with Gasteiger partial charge in [-0.05, 0) is 42.5 Å². The van der Waals surface area contributed by atoms with Crippen LogP contribution in [0.15, 0.2) is 53.4 Å². The lowest BCUT2D eigenvalue weighted by atomic mass is 10.1. The maximum absolute atomic E-state index is 12.5. The SMILES string of the molecule is COC(=O)COc1ccc(CCNS(=O)(=O)c2cccc(C(=N)SC)c2)cc1. The van der Waals surface area contributed by atoms with Crippen LogP contribution in [0.4, 0.5) is 0 Å². The van der Waals surface area contributed by atoms with Gasteiger partial charge in [-0.2, -0.15) is 0 Å². The molecule has 0 saturated carbocycles. The highest BCUT2D eigenvalue weighted by Gasteiger charge is 2.14. The number of sulfonamides is 1.